The molecule has 0 radical (unpaired) electrons. The van der Waals surface area contributed by atoms with Gasteiger partial charge in [-0.15, -0.1) is 0 Å². The zero-order valence-electron chi connectivity index (χ0n) is 16.0. The highest BCUT2D eigenvalue weighted by atomic mass is 35.5. The minimum atomic E-state index is -0.348. The van der Waals surface area contributed by atoms with Gasteiger partial charge in [0.1, 0.15) is 5.82 Å². The third-order valence-electron chi connectivity index (χ3n) is 4.75. The Morgan fingerprint density at radius 2 is 1.83 bits per heavy atom. The number of anilines is 1. The summed E-state index contributed by atoms with van der Waals surface area (Å²) in [5.74, 6) is 0.250. The molecule has 30 heavy (non-hydrogen) atoms. The van der Waals surface area contributed by atoms with Gasteiger partial charge in [0.25, 0.3) is 11.5 Å². The van der Waals surface area contributed by atoms with Gasteiger partial charge in [0.05, 0.1) is 28.0 Å². The van der Waals surface area contributed by atoms with Crippen molar-refractivity contribution in [3.05, 3.63) is 104 Å². The molecule has 4 aromatic rings. The highest BCUT2D eigenvalue weighted by molar-refractivity contribution is 6.34. The summed E-state index contributed by atoms with van der Waals surface area (Å²) in [5.41, 5.74) is 2.13. The fourth-order valence-electron chi connectivity index (χ4n) is 3.26. The smallest absolute Gasteiger partial charge is 0.261 e. The third-order valence-corrected chi connectivity index (χ3v) is 5.32. The molecule has 0 spiro atoms. The maximum Gasteiger partial charge on any atom is 0.261 e. The minimum Gasteiger partial charge on any atom is -0.322 e. The molecule has 0 atom stereocenters. The summed E-state index contributed by atoms with van der Waals surface area (Å²) in [6, 6.07) is 19.2. The summed E-state index contributed by atoms with van der Waals surface area (Å²) in [7, 11) is 0. The summed E-state index contributed by atoms with van der Waals surface area (Å²) < 4.78 is 1.59. The summed E-state index contributed by atoms with van der Waals surface area (Å²) in [6.45, 7) is 2.14. The fraction of sp³-hybridized carbons (Fsp3) is 0.0870. The lowest BCUT2D eigenvalue weighted by Gasteiger charge is -2.12. The van der Waals surface area contributed by atoms with Gasteiger partial charge < -0.3 is 5.32 Å². The minimum absolute atomic E-state index is 0.189. The molecule has 1 N–H and O–H groups in total. The molecule has 7 heteroatoms. The van der Waals surface area contributed by atoms with Crippen LogP contribution in [-0.2, 0) is 6.54 Å². The van der Waals surface area contributed by atoms with Crippen LogP contribution in [0.1, 0.15) is 21.7 Å². The molecule has 1 heterocycles. The Morgan fingerprint density at radius 1 is 1.03 bits per heavy atom. The Bertz CT molecular complexity index is 1330. The van der Waals surface area contributed by atoms with Crippen molar-refractivity contribution in [1.82, 2.24) is 9.55 Å². The van der Waals surface area contributed by atoms with E-state index < -0.39 is 0 Å². The molecule has 0 fully saturated rings. The molecule has 0 saturated heterocycles. The number of halogens is 2. The standard InChI is InChI=1S/C23H17Cl2N3O2/c1-14-26-21-10-9-17(27-22(29)18-7-2-3-8-20(18)25)12-19(21)23(30)28(14)13-15-5-4-6-16(24)11-15/h2-12H,13H2,1H3,(H,27,29). The third kappa shape index (κ3) is 4.08. The van der Waals surface area contributed by atoms with Crippen LogP contribution in [0, 0.1) is 6.92 Å². The maximum absolute atomic E-state index is 13.2. The lowest BCUT2D eigenvalue weighted by atomic mass is 10.1. The summed E-state index contributed by atoms with van der Waals surface area (Å²) in [5, 5.41) is 4.18. The van der Waals surface area contributed by atoms with Crippen LogP contribution in [0.25, 0.3) is 10.9 Å². The first-order chi connectivity index (χ1) is 14.4. The molecule has 3 aromatic carbocycles. The van der Waals surface area contributed by atoms with Gasteiger partial charge in [-0.05, 0) is 55.0 Å². The molecule has 1 aromatic heterocycles. The van der Waals surface area contributed by atoms with E-state index in [1.807, 2.05) is 18.2 Å². The van der Waals surface area contributed by atoms with Crippen molar-refractivity contribution in [3.63, 3.8) is 0 Å². The molecule has 0 aliphatic carbocycles. The molecular formula is C23H17Cl2N3O2. The fourth-order valence-corrected chi connectivity index (χ4v) is 3.69. The van der Waals surface area contributed by atoms with Crippen LogP contribution in [0.5, 0.6) is 0 Å². The van der Waals surface area contributed by atoms with E-state index in [0.29, 0.717) is 44.6 Å². The average molecular weight is 438 g/mol. The first-order valence-electron chi connectivity index (χ1n) is 9.24. The van der Waals surface area contributed by atoms with E-state index >= 15 is 0 Å². The molecule has 0 aliphatic heterocycles. The van der Waals surface area contributed by atoms with E-state index in [1.54, 1.807) is 60.0 Å². The molecule has 0 bridgehead atoms. The number of aryl methyl sites for hydroxylation is 1. The molecule has 4 rings (SSSR count). The van der Waals surface area contributed by atoms with Gasteiger partial charge >= 0.3 is 0 Å². The number of hydrogen-bond acceptors (Lipinski definition) is 3. The number of rotatable bonds is 4. The summed E-state index contributed by atoms with van der Waals surface area (Å²) in [6.07, 6.45) is 0. The van der Waals surface area contributed by atoms with Gasteiger partial charge in [-0.25, -0.2) is 4.98 Å². The number of amides is 1. The van der Waals surface area contributed by atoms with Crippen LogP contribution in [0.15, 0.2) is 71.5 Å². The molecule has 0 unspecified atom stereocenters. The number of nitrogens with one attached hydrogen (secondary N) is 1. The molecule has 5 nitrogen and oxygen atoms in total. The SMILES string of the molecule is Cc1nc2ccc(NC(=O)c3ccccc3Cl)cc2c(=O)n1Cc1cccc(Cl)c1. The van der Waals surface area contributed by atoms with Crippen molar-refractivity contribution >= 4 is 45.7 Å². The van der Waals surface area contributed by atoms with Crippen LogP contribution < -0.4 is 10.9 Å². The van der Waals surface area contributed by atoms with Crippen LogP contribution in [0.4, 0.5) is 5.69 Å². The Kier molecular flexibility index (Phi) is 5.57. The van der Waals surface area contributed by atoms with Crippen LogP contribution in [0.2, 0.25) is 10.0 Å². The van der Waals surface area contributed by atoms with Gasteiger partial charge in [-0.2, -0.15) is 0 Å². The lowest BCUT2D eigenvalue weighted by molar-refractivity contribution is 0.102. The van der Waals surface area contributed by atoms with E-state index in [9.17, 15) is 9.59 Å². The Labute approximate surface area is 182 Å². The summed E-state index contributed by atoms with van der Waals surface area (Å²) in [4.78, 5) is 30.2. The largest absolute Gasteiger partial charge is 0.322 e. The number of fused-ring (bicyclic) bond motifs is 1. The molecule has 0 aliphatic rings. The van der Waals surface area contributed by atoms with Crippen molar-refractivity contribution in [2.75, 3.05) is 5.32 Å². The topological polar surface area (TPSA) is 64.0 Å². The second-order valence-corrected chi connectivity index (χ2v) is 7.69. The first-order valence-corrected chi connectivity index (χ1v) is 9.99. The highest BCUT2D eigenvalue weighted by Crippen LogP contribution is 2.20. The first kappa shape index (κ1) is 20.1. The second-order valence-electron chi connectivity index (χ2n) is 6.85. The molecular weight excluding hydrogens is 421 g/mol. The monoisotopic (exact) mass is 437 g/mol. The van der Waals surface area contributed by atoms with Gasteiger partial charge in [-0.1, -0.05) is 47.5 Å². The number of benzene rings is 3. The van der Waals surface area contributed by atoms with Crippen LogP contribution >= 0.6 is 23.2 Å². The predicted molar refractivity (Wildman–Crippen MR) is 121 cm³/mol. The van der Waals surface area contributed by atoms with E-state index in [0.717, 1.165) is 5.56 Å². The van der Waals surface area contributed by atoms with Crippen molar-refractivity contribution in [2.45, 2.75) is 13.5 Å². The molecule has 150 valence electrons. The van der Waals surface area contributed by atoms with E-state index in [1.165, 1.54) is 0 Å². The number of nitrogens with zero attached hydrogens (tertiary/aromatic N) is 2. The number of carbonyl (C=O) groups is 1. The quantitative estimate of drug-likeness (QED) is 0.470. The Balaban J connectivity index is 1.70. The predicted octanol–water partition coefficient (Wildman–Crippen LogP) is 5.31. The zero-order chi connectivity index (χ0) is 21.3. The van der Waals surface area contributed by atoms with E-state index in [4.69, 9.17) is 23.2 Å². The van der Waals surface area contributed by atoms with Crippen LogP contribution in [0.3, 0.4) is 0 Å². The average Bonchev–Trinajstić information content (AvgIpc) is 2.72. The molecule has 0 saturated carbocycles. The maximum atomic E-state index is 13.2. The second kappa shape index (κ2) is 8.30. The highest BCUT2D eigenvalue weighted by Gasteiger charge is 2.13. The normalized spacial score (nSPS) is 10.9. The number of carbonyl (C=O) groups excluding carboxylic acids is 1. The Morgan fingerprint density at radius 3 is 2.60 bits per heavy atom. The number of aromatic nitrogens is 2. The number of hydrogen-bond donors (Lipinski definition) is 1. The van der Waals surface area contributed by atoms with Gasteiger partial charge in [-0.3, -0.25) is 14.2 Å². The molecule has 1 amide bonds. The van der Waals surface area contributed by atoms with E-state index in [2.05, 4.69) is 10.3 Å². The van der Waals surface area contributed by atoms with Crippen molar-refractivity contribution in [3.8, 4) is 0 Å². The summed E-state index contributed by atoms with van der Waals surface area (Å²) >= 11 is 12.2. The lowest BCUT2D eigenvalue weighted by Crippen LogP contribution is -2.24. The van der Waals surface area contributed by atoms with Gasteiger partial charge in [0, 0.05) is 10.7 Å². The van der Waals surface area contributed by atoms with Crippen molar-refractivity contribution < 1.29 is 4.79 Å². The Hall–Kier alpha value is -3.15. The van der Waals surface area contributed by atoms with Gasteiger partial charge in [0.15, 0.2) is 0 Å². The van der Waals surface area contributed by atoms with E-state index in [-0.39, 0.29) is 11.5 Å². The van der Waals surface area contributed by atoms with Gasteiger partial charge in [0.2, 0.25) is 0 Å². The van der Waals surface area contributed by atoms with Crippen molar-refractivity contribution in [2.24, 2.45) is 0 Å². The van der Waals surface area contributed by atoms with Crippen LogP contribution in [-0.4, -0.2) is 15.5 Å². The van der Waals surface area contributed by atoms with Crippen molar-refractivity contribution in [1.29, 1.82) is 0 Å². The zero-order valence-corrected chi connectivity index (χ0v) is 17.5.